The van der Waals surface area contributed by atoms with Crippen LogP contribution in [0.1, 0.15) is 0 Å². The Morgan fingerprint density at radius 3 is 2.50 bits per heavy atom. The van der Waals surface area contributed by atoms with Crippen molar-refractivity contribution in [1.29, 1.82) is 0 Å². The van der Waals surface area contributed by atoms with Gasteiger partial charge in [0.05, 0.1) is 20.3 Å². The van der Waals surface area contributed by atoms with E-state index >= 15 is 0 Å². The van der Waals surface area contributed by atoms with Crippen molar-refractivity contribution in [2.45, 2.75) is 0 Å². The zero-order valence-electron chi connectivity index (χ0n) is 9.38. The molecule has 16 heavy (non-hydrogen) atoms. The fourth-order valence-corrected chi connectivity index (χ4v) is 2.58. The van der Waals surface area contributed by atoms with E-state index in [2.05, 4.69) is 4.74 Å². The predicted molar refractivity (Wildman–Crippen MR) is 56.0 cm³/mol. The number of hydrogen-bond donors (Lipinski definition) is 0. The van der Waals surface area contributed by atoms with E-state index in [0.717, 1.165) is 4.31 Å². The number of nitrogens with zero attached hydrogens (tertiary/aromatic N) is 2. The van der Waals surface area contributed by atoms with Crippen LogP contribution in [0, 0.1) is 0 Å². The molecular weight excluding hydrogens is 236 g/mol. The van der Waals surface area contributed by atoms with Gasteiger partial charge in [0, 0.05) is 20.1 Å². The van der Waals surface area contributed by atoms with E-state index in [-0.39, 0.29) is 6.54 Å². The highest BCUT2D eigenvalue weighted by Crippen LogP contribution is 2.08. The van der Waals surface area contributed by atoms with Crippen molar-refractivity contribution < 1.29 is 22.7 Å². The maximum absolute atomic E-state index is 11.9. The van der Waals surface area contributed by atoms with Crippen molar-refractivity contribution in [3.05, 3.63) is 0 Å². The van der Waals surface area contributed by atoms with E-state index in [9.17, 15) is 13.2 Å². The van der Waals surface area contributed by atoms with E-state index in [4.69, 9.17) is 4.74 Å². The molecule has 1 fully saturated rings. The fourth-order valence-electron chi connectivity index (χ4n) is 1.30. The summed E-state index contributed by atoms with van der Waals surface area (Å²) < 4.78 is 35.6. The highest BCUT2D eigenvalue weighted by atomic mass is 32.2. The molecule has 0 aromatic rings. The van der Waals surface area contributed by atoms with Crippen molar-refractivity contribution in [3.8, 4) is 0 Å². The summed E-state index contributed by atoms with van der Waals surface area (Å²) in [4.78, 5) is 11.0. The molecule has 0 aromatic heterocycles. The number of esters is 1. The molecule has 0 spiro atoms. The quantitative estimate of drug-likeness (QED) is 0.579. The Morgan fingerprint density at radius 2 is 2.00 bits per heavy atom. The van der Waals surface area contributed by atoms with Gasteiger partial charge < -0.3 is 9.47 Å². The average molecular weight is 252 g/mol. The van der Waals surface area contributed by atoms with Crippen molar-refractivity contribution in [1.82, 2.24) is 8.61 Å². The molecule has 0 saturated carbocycles. The Hall–Kier alpha value is -0.700. The summed E-state index contributed by atoms with van der Waals surface area (Å²) in [5, 5.41) is 0. The standard InChI is InChI=1S/C8H16N2O5S/c1-9(7-8(11)14-2)16(12,13)10-3-5-15-6-4-10/h3-7H2,1-2H3. The summed E-state index contributed by atoms with van der Waals surface area (Å²) in [7, 11) is -1.01. The zero-order valence-corrected chi connectivity index (χ0v) is 10.2. The Labute approximate surface area is 95.1 Å². The monoisotopic (exact) mass is 252 g/mol. The van der Waals surface area contributed by atoms with Gasteiger partial charge in [0.2, 0.25) is 0 Å². The van der Waals surface area contributed by atoms with Crippen molar-refractivity contribution >= 4 is 16.2 Å². The summed E-state index contributed by atoms with van der Waals surface area (Å²) in [5.74, 6) is -0.584. The normalized spacial score (nSPS) is 18.7. The first kappa shape index (κ1) is 13.4. The second kappa shape index (κ2) is 5.58. The molecule has 0 atom stereocenters. The first-order valence-electron chi connectivity index (χ1n) is 4.84. The molecule has 0 aliphatic carbocycles. The maximum Gasteiger partial charge on any atom is 0.321 e. The van der Waals surface area contributed by atoms with Crippen LogP contribution in [0.4, 0.5) is 0 Å². The zero-order chi connectivity index (χ0) is 12.2. The van der Waals surface area contributed by atoms with Crippen LogP contribution in [0.2, 0.25) is 0 Å². The average Bonchev–Trinajstić information content (AvgIpc) is 2.29. The molecule has 0 unspecified atom stereocenters. The number of morpholine rings is 1. The van der Waals surface area contributed by atoms with E-state index < -0.39 is 16.2 Å². The minimum atomic E-state index is -3.58. The molecule has 1 aliphatic rings. The molecule has 0 bridgehead atoms. The van der Waals surface area contributed by atoms with Gasteiger partial charge in [-0.25, -0.2) is 0 Å². The van der Waals surface area contributed by atoms with Crippen LogP contribution < -0.4 is 0 Å². The van der Waals surface area contributed by atoms with Crippen LogP contribution in [0.15, 0.2) is 0 Å². The van der Waals surface area contributed by atoms with Gasteiger partial charge in [0.25, 0.3) is 10.2 Å². The van der Waals surface area contributed by atoms with E-state index in [1.54, 1.807) is 0 Å². The second-order valence-electron chi connectivity index (χ2n) is 3.35. The predicted octanol–water partition coefficient (Wildman–Crippen LogP) is -1.33. The third-order valence-electron chi connectivity index (χ3n) is 2.27. The van der Waals surface area contributed by atoms with Crippen LogP contribution in [0.5, 0.6) is 0 Å². The van der Waals surface area contributed by atoms with Crippen LogP contribution in [-0.4, -0.2) is 70.0 Å². The maximum atomic E-state index is 11.9. The first-order valence-corrected chi connectivity index (χ1v) is 6.24. The number of rotatable bonds is 4. The first-order chi connectivity index (χ1) is 7.48. The molecule has 0 amide bonds. The summed E-state index contributed by atoms with van der Waals surface area (Å²) in [5.41, 5.74) is 0. The smallest absolute Gasteiger partial charge is 0.321 e. The molecule has 7 nitrogen and oxygen atoms in total. The molecule has 1 rings (SSSR count). The van der Waals surface area contributed by atoms with Gasteiger partial charge >= 0.3 is 5.97 Å². The molecule has 1 saturated heterocycles. The summed E-state index contributed by atoms with van der Waals surface area (Å²) in [6.07, 6.45) is 0. The number of ether oxygens (including phenoxy) is 2. The van der Waals surface area contributed by atoms with Crippen molar-refractivity contribution in [2.24, 2.45) is 0 Å². The van der Waals surface area contributed by atoms with Gasteiger partial charge in [0.1, 0.15) is 6.54 Å². The second-order valence-corrected chi connectivity index (χ2v) is 5.39. The Bertz CT molecular complexity index is 336. The topological polar surface area (TPSA) is 76.2 Å². The SMILES string of the molecule is COC(=O)CN(C)S(=O)(=O)N1CCOCC1. The van der Waals surface area contributed by atoms with E-state index in [1.165, 1.54) is 18.5 Å². The minimum Gasteiger partial charge on any atom is -0.468 e. The minimum absolute atomic E-state index is 0.282. The molecule has 8 heteroatoms. The number of carbonyl (C=O) groups is 1. The molecule has 0 aromatic carbocycles. The van der Waals surface area contributed by atoms with Gasteiger partial charge in [-0.2, -0.15) is 17.0 Å². The van der Waals surface area contributed by atoms with Gasteiger partial charge in [-0.05, 0) is 0 Å². The number of likely N-dealkylation sites (N-methyl/N-ethyl adjacent to an activating group) is 1. The Kier molecular flexibility index (Phi) is 4.66. The summed E-state index contributed by atoms with van der Waals surface area (Å²) in [6, 6.07) is 0. The van der Waals surface area contributed by atoms with Crippen molar-refractivity contribution in [3.63, 3.8) is 0 Å². The number of carbonyl (C=O) groups excluding carboxylic acids is 1. The number of methoxy groups -OCH3 is 1. The third kappa shape index (κ3) is 3.14. The molecule has 1 heterocycles. The van der Waals surface area contributed by atoms with Gasteiger partial charge in [-0.15, -0.1) is 0 Å². The van der Waals surface area contributed by atoms with Crippen LogP contribution in [-0.2, 0) is 24.5 Å². The highest BCUT2D eigenvalue weighted by Gasteiger charge is 2.29. The van der Waals surface area contributed by atoms with Crippen LogP contribution in [0.25, 0.3) is 0 Å². The number of hydrogen-bond acceptors (Lipinski definition) is 5. The largest absolute Gasteiger partial charge is 0.468 e. The lowest BCUT2D eigenvalue weighted by molar-refractivity contribution is -0.140. The van der Waals surface area contributed by atoms with E-state index in [0.29, 0.717) is 26.3 Å². The van der Waals surface area contributed by atoms with Crippen molar-refractivity contribution in [2.75, 3.05) is 47.0 Å². The molecule has 0 radical (unpaired) electrons. The lowest BCUT2D eigenvalue weighted by Crippen LogP contribution is -2.48. The molecule has 1 aliphatic heterocycles. The van der Waals surface area contributed by atoms with E-state index in [1.807, 2.05) is 0 Å². The summed E-state index contributed by atoms with van der Waals surface area (Å²) >= 11 is 0. The Balaban J connectivity index is 2.64. The van der Waals surface area contributed by atoms with Crippen LogP contribution in [0.3, 0.4) is 0 Å². The molecule has 94 valence electrons. The fraction of sp³-hybridized carbons (Fsp3) is 0.875. The van der Waals surface area contributed by atoms with Gasteiger partial charge in [0.15, 0.2) is 0 Å². The Morgan fingerprint density at radius 1 is 1.44 bits per heavy atom. The van der Waals surface area contributed by atoms with Crippen LogP contribution >= 0.6 is 0 Å². The highest BCUT2D eigenvalue weighted by molar-refractivity contribution is 7.86. The lowest BCUT2D eigenvalue weighted by Gasteiger charge is -2.29. The van der Waals surface area contributed by atoms with Gasteiger partial charge in [-0.3, -0.25) is 4.79 Å². The summed E-state index contributed by atoms with van der Waals surface area (Å²) in [6.45, 7) is 1.11. The third-order valence-corrected chi connectivity index (χ3v) is 4.20. The molecular formula is C8H16N2O5S. The lowest BCUT2D eigenvalue weighted by atomic mass is 10.5. The molecule has 0 N–H and O–H groups in total. The van der Waals surface area contributed by atoms with Gasteiger partial charge in [-0.1, -0.05) is 0 Å².